The Bertz CT molecular complexity index is 537. The highest BCUT2D eigenvalue weighted by molar-refractivity contribution is 5.95. The molecule has 0 bridgehead atoms. The van der Waals surface area contributed by atoms with Gasteiger partial charge in [0.25, 0.3) is 5.91 Å². The standard InChI is InChI=1S/C18H28N2O3.ClH/c1-12(2)23-16-9-8-13(10-17(16)22-3)18(21)20-15-7-5-4-6-14(15)11-19;/h8-10,12,14-15H,4-7,11,19H2,1-3H3,(H,20,21);1H. The van der Waals surface area contributed by atoms with E-state index >= 15 is 0 Å². The number of methoxy groups -OCH3 is 1. The van der Waals surface area contributed by atoms with Gasteiger partial charge in [-0.2, -0.15) is 0 Å². The minimum Gasteiger partial charge on any atom is -0.493 e. The monoisotopic (exact) mass is 356 g/mol. The molecule has 6 heteroatoms. The topological polar surface area (TPSA) is 73.6 Å². The van der Waals surface area contributed by atoms with Gasteiger partial charge < -0.3 is 20.5 Å². The lowest BCUT2D eigenvalue weighted by Gasteiger charge is -2.31. The molecule has 0 aliphatic heterocycles. The van der Waals surface area contributed by atoms with E-state index in [-0.39, 0.29) is 30.5 Å². The number of ether oxygens (including phenoxy) is 2. The maximum Gasteiger partial charge on any atom is 0.251 e. The Kier molecular flexibility index (Phi) is 8.36. The number of benzene rings is 1. The minimum absolute atomic E-state index is 0. The lowest BCUT2D eigenvalue weighted by Crippen LogP contribution is -2.44. The zero-order valence-corrected chi connectivity index (χ0v) is 15.5. The molecule has 5 nitrogen and oxygen atoms in total. The first-order valence-corrected chi connectivity index (χ1v) is 8.40. The molecule has 3 N–H and O–H groups in total. The normalized spacial score (nSPS) is 20.2. The Morgan fingerprint density at radius 3 is 2.62 bits per heavy atom. The number of carbonyl (C=O) groups excluding carboxylic acids is 1. The molecule has 1 amide bonds. The summed E-state index contributed by atoms with van der Waals surface area (Å²) in [6.07, 6.45) is 4.48. The predicted octanol–water partition coefficient (Wildman–Crippen LogP) is 3.15. The molecular formula is C18H29ClN2O3. The van der Waals surface area contributed by atoms with Crippen molar-refractivity contribution in [1.82, 2.24) is 5.32 Å². The van der Waals surface area contributed by atoms with Crippen LogP contribution in [0.15, 0.2) is 18.2 Å². The molecule has 1 aromatic rings. The second-order valence-corrected chi connectivity index (χ2v) is 6.39. The van der Waals surface area contributed by atoms with Crippen molar-refractivity contribution >= 4 is 18.3 Å². The van der Waals surface area contributed by atoms with Gasteiger partial charge in [-0.25, -0.2) is 0 Å². The van der Waals surface area contributed by atoms with E-state index in [1.165, 1.54) is 6.42 Å². The Balaban J connectivity index is 0.00000288. The van der Waals surface area contributed by atoms with Gasteiger partial charge in [0.1, 0.15) is 0 Å². The van der Waals surface area contributed by atoms with Crippen LogP contribution in [0.1, 0.15) is 49.9 Å². The average Bonchev–Trinajstić information content (AvgIpc) is 2.55. The van der Waals surface area contributed by atoms with Crippen molar-refractivity contribution < 1.29 is 14.3 Å². The van der Waals surface area contributed by atoms with Crippen LogP contribution >= 0.6 is 12.4 Å². The van der Waals surface area contributed by atoms with Crippen molar-refractivity contribution in [2.75, 3.05) is 13.7 Å². The molecule has 1 fully saturated rings. The smallest absolute Gasteiger partial charge is 0.251 e. The molecule has 2 atom stereocenters. The molecule has 1 aliphatic carbocycles. The molecule has 1 saturated carbocycles. The third-order valence-electron chi connectivity index (χ3n) is 4.32. The van der Waals surface area contributed by atoms with Gasteiger partial charge in [0.2, 0.25) is 0 Å². The van der Waals surface area contributed by atoms with Crippen molar-refractivity contribution in [2.45, 2.75) is 51.7 Å². The SMILES string of the molecule is COc1cc(C(=O)NC2CCCCC2CN)ccc1OC(C)C.Cl. The number of amides is 1. The first kappa shape index (κ1) is 20.6. The number of hydrogen-bond acceptors (Lipinski definition) is 4. The Labute approximate surface area is 150 Å². The number of rotatable bonds is 6. The third-order valence-corrected chi connectivity index (χ3v) is 4.32. The van der Waals surface area contributed by atoms with E-state index in [0.29, 0.717) is 29.5 Å². The summed E-state index contributed by atoms with van der Waals surface area (Å²) in [6.45, 7) is 4.53. The number of nitrogens with two attached hydrogens (primary N) is 1. The summed E-state index contributed by atoms with van der Waals surface area (Å²) in [6, 6.07) is 5.46. The first-order chi connectivity index (χ1) is 11.0. The van der Waals surface area contributed by atoms with Gasteiger partial charge in [0, 0.05) is 11.6 Å². The molecule has 1 aromatic carbocycles. The number of hydrogen-bond donors (Lipinski definition) is 2. The molecule has 2 rings (SSSR count). The van der Waals surface area contributed by atoms with Crippen LogP contribution in [0.2, 0.25) is 0 Å². The second-order valence-electron chi connectivity index (χ2n) is 6.39. The number of nitrogens with one attached hydrogen (secondary N) is 1. The van der Waals surface area contributed by atoms with Crippen molar-refractivity contribution in [3.8, 4) is 11.5 Å². The highest BCUT2D eigenvalue weighted by atomic mass is 35.5. The molecule has 0 radical (unpaired) electrons. The van der Waals surface area contributed by atoms with E-state index in [4.69, 9.17) is 15.2 Å². The Morgan fingerprint density at radius 2 is 2.00 bits per heavy atom. The second kappa shape index (κ2) is 9.74. The molecule has 0 spiro atoms. The van der Waals surface area contributed by atoms with Crippen LogP contribution in [-0.4, -0.2) is 31.7 Å². The summed E-state index contributed by atoms with van der Waals surface area (Å²) in [5.74, 6) is 1.52. The van der Waals surface area contributed by atoms with Crippen molar-refractivity contribution in [3.63, 3.8) is 0 Å². The van der Waals surface area contributed by atoms with Crippen LogP contribution in [-0.2, 0) is 0 Å². The fourth-order valence-electron chi connectivity index (χ4n) is 3.09. The Morgan fingerprint density at radius 1 is 1.29 bits per heavy atom. The van der Waals surface area contributed by atoms with Crippen LogP contribution in [0.3, 0.4) is 0 Å². The lowest BCUT2D eigenvalue weighted by molar-refractivity contribution is 0.0907. The first-order valence-electron chi connectivity index (χ1n) is 8.40. The molecule has 1 aliphatic rings. The number of halogens is 1. The summed E-state index contributed by atoms with van der Waals surface area (Å²) in [4.78, 5) is 12.5. The average molecular weight is 357 g/mol. The third kappa shape index (κ3) is 5.28. The summed E-state index contributed by atoms with van der Waals surface area (Å²) >= 11 is 0. The van der Waals surface area contributed by atoms with Gasteiger partial charge in [0.05, 0.1) is 13.2 Å². The van der Waals surface area contributed by atoms with E-state index in [1.54, 1.807) is 25.3 Å². The quantitative estimate of drug-likeness (QED) is 0.821. The maximum atomic E-state index is 12.5. The highest BCUT2D eigenvalue weighted by Gasteiger charge is 2.26. The molecule has 0 aromatic heterocycles. The summed E-state index contributed by atoms with van der Waals surface area (Å²) < 4.78 is 11.0. The zero-order chi connectivity index (χ0) is 16.8. The van der Waals surface area contributed by atoms with Gasteiger partial charge in [-0.05, 0) is 57.4 Å². The molecule has 136 valence electrons. The summed E-state index contributed by atoms with van der Waals surface area (Å²) in [7, 11) is 1.58. The van der Waals surface area contributed by atoms with E-state index < -0.39 is 0 Å². The van der Waals surface area contributed by atoms with Crippen LogP contribution in [0.25, 0.3) is 0 Å². The molecule has 24 heavy (non-hydrogen) atoms. The van der Waals surface area contributed by atoms with Crippen LogP contribution in [0.5, 0.6) is 11.5 Å². The summed E-state index contributed by atoms with van der Waals surface area (Å²) in [5, 5.41) is 3.13. The number of carbonyl (C=O) groups is 1. The maximum absolute atomic E-state index is 12.5. The van der Waals surface area contributed by atoms with Crippen LogP contribution in [0, 0.1) is 5.92 Å². The molecular weight excluding hydrogens is 328 g/mol. The van der Waals surface area contributed by atoms with Crippen LogP contribution < -0.4 is 20.5 Å². The van der Waals surface area contributed by atoms with E-state index in [9.17, 15) is 4.79 Å². The van der Waals surface area contributed by atoms with Gasteiger partial charge in [0.15, 0.2) is 11.5 Å². The highest BCUT2D eigenvalue weighted by Crippen LogP contribution is 2.29. The van der Waals surface area contributed by atoms with Gasteiger partial charge in [-0.1, -0.05) is 12.8 Å². The Hall–Kier alpha value is -1.46. The molecule has 0 saturated heterocycles. The molecule has 0 heterocycles. The largest absolute Gasteiger partial charge is 0.493 e. The van der Waals surface area contributed by atoms with E-state index in [0.717, 1.165) is 19.3 Å². The van der Waals surface area contributed by atoms with Crippen molar-refractivity contribution in [3.05, 3.63) is 23.8 Å². The minimum atomic E-state index is -0.0789. The summed E-state index contributed by atoms with van der Waals surface area (Å²) in [5.41, 5.74) is 6.41. The van der Waals surface area contributed by atoms with Gasteiger partial charge >= 0.3 is 0 Å². The lowest BCUT2D eigenvalue weighted by atomic mass is 9.84. The van der Waals surface area contributed by atoms with Crippen molar-refractivity contribution in [1.29, 1.82) is 0 Å². The fourth-order valence-corrected chi connectivity index (χ4v) is 3.09. The predicted molar refractivity (Wildman–Crippen MR) is 98.3 cm³/mol. The van der Waals surface area contributed by atoms with Gasteiger partial charge in [-0.15, -0.1) is 12.4 Å². The van der Waals surface area contributed by atoms with E-state index in [1.807, 2.05) is 13.8 Å². The van der Waals surface area contributed by atoms with Crippen molar-refractivity contribution in [2.24, 2.45) is 11.7 Å². The molecule has 2 unspecified atom stereocenters. The van der Waals surface area contributed by atoms with Gasteiger partial charge in [-0.3, -0.25) is 4.79 Å². The zero-order valence-electron chi connectivity index (χ0n) is 14.7. The van der Waals surface area contributed by atoms with E-state index in [2.05, 4.69) is 5.32 Å². The fraction of sp³-hybridized carbons (Fsp3) is 0.611. The van der Waals surface area contributed by atoms with Crippen LogP contribution in [0.4, 0.5) is 0 Å².